The standard InChI is InChI=1S/C12H11F4NO3S/c1-7-2-3-8(4-10(7)12(13,14)15)17-6-9(5-11(17)18)21(16,19)20/h2-4,9H,5-6H2,1H3. The number of alkyl halides is 3. The zero-order chi connectivity index (χ0) is 16.0. The normalized spacial score (nSPS) is 20.1. The summed E-state index contributed by atoms with van der Waals surface area (Å²) in [6.07, 6.45) is -5.16. The molecule has 0 N–H and O–H groups in total. The molecule has 1 amide bonds. The van der Waals surface area contributed by atoms with Gasteiger partial charge in [0.25, 0.3) is 0 Å². The summed E-state index contributed by atoms with van der Waals surface area (Å²) in [5.74, 6) is -0.724. The molecule has 1 aromatic rings. The van der Waals surface area contributed by atoms with Crippen LogP contribution in [0.25, 0.3) is 0 Å². The molecule has 4 nitrogen and oxygen atoms in total. The molecule has 0 aliphatic carbocycles. The molecule has 116 valence electrons. The van der Waals surface area contributed by atoms with E-state index in [1.807, 2.05) is 0 Å². The van der Waals surface area contributed by atoms with Gasteiger partial charge in [-0.25, -0.2) is 0 Å². The summed E-state index contributed by atoms with van der Waals surface area (Å²) in [4.78, 5) is 12.5. The second-order valence-corrected chi connectivity index (χ2v) is 6.42. The summed E-state index contributed by atoms with van der Waals surface area (Å²) in [6, 6.07) is 3.22. The van der Waals surface area contributed by atoms with Crippen molar-refractivity contribution in [3.05, 3.63) is 29.3 Å². The smallest absolute Gasteiger partial charge is 0.311 e. The van der Waals surface area contributed by atoms with Gasteiger partial charge >= 0.3 is 16.4 Å². The summed E-state index contributed by atoms with van der Waals surface area (Å²) in [5, 5.41) is -1.54. The third kappa shape index (κ3) is 3.17. The van der Waals surface area contributed by atoms with Crippen molar-refractivity contribution in [1.82, 2.24) is 0 Å². The van der Waals surface area contributed by atoms with Gasteiger partial charge in [0.15, 0.2) is 0 Å². The number of hydrogen-bond donors (Lipinski definition) is 0. The van der Waals surface area contributed by atoms with Crippen LogP contribution in [-0.2, 0) is 21.2 Å². The van der Waals surface area contributed by atoms with Crippen LogP contribution in [0.3, 0.4) is 0 Å². The van der Waals surface area contributed by atoms with Gasteiger partial charge in [0.1, 0.15) is 5.25 Å². The number of anilines is 1. The van der Waals surface area contributed by atoms with E-state index in [4.69, 9.17) is 0 Å². The number of halogens is 4. The second kappa shape index (κ2) is 4.97. The third-order valence-corrected chi connectivity index (χ3v) is 4.44. The van der Waals surface area contributed by atoms with Crippen LogP contribution >= 0.6 is 0 Å². The fraction of sp³-hybridized carbons (Fsp3) is 0.417. The molecule has 1 saturated heterocycles. The molecule has 0 saturated carbocycles. The van der Waals surface area contributed by atoms with Gasteiger partial charge in [-0.1, -0.05) is 6.07 Å². The highest BCUT2D eigenvalue weighted by molar-refractivity contribution is 7.87. The Morgan fingerprint density at radius 1 is 1.29 bits per heavy atom. The van der Waals surface area contributed by atoms with E-state index in [2.05, 4.69) is 0 Å². The van der Waals surface area contributed by atoms with Gasteiger partial charge in [-0.15, -0.1) is 3.89 Å². The Kier molecular flexibility index (Phi) is 3.73. The lowest BCUT2D eigenvalue weighted by molar-refractivity contribution is -0.138. The lowest BCUT2D eigenvalue weighted by atomic mass is 10.1. The fourth-order valence-electron chi connectivity index (χ4n) is 2.20. The summed E-state index contributed by atoms with van der Waals surface area (Å²) >= 11 is 0. The van der Waals surface area contributed by atoms with Crippen molar-refractivity contribution >= 4 is 21.8 Å². The van der Waals surface area contributed by atoms with Crippen LogP contribution in [0.1, 0.15) is 17.5 Å². The first-order valence-corrected chi connectivity index (χ1v) is 7.36. The van der Waals surface area contributed by atoms with E-state index < -0.39 is 46.1 Å². The Bertz CT molecular complexity index is 684. The van der Waals surface area contributed by atoms with Crippen LogP contribution in [0.5, 0.6) is 0 Å². The van der Waals surface area contributed by atoms with Crippen molar-refractivity contribution in [1.29, 1.82) is 0 Å². The predicted molar refractivity (Wildman–Crippen MR) is 67.0 cm³/mol. The number of nitrogens with zero attached hydrogens (tertiary/aromatic N) is 1. The first-order valence-electron chi connectivity index (χ1n) is 5.92. The summed E-state index contributed by atoms with van der Waals surface area (Å²) < 4.78 is 73.0. The maximum atomic E-state index is 12.9. The van der Waals surface area contributed by atoms with Gasteiger partial charge in [0, 0.05) is 18.7 Å². The molecule has 9 heteroatoms. The Morgan fingerprint density at radius 3 is 2.38 bits per heavy atom. The zero-order valence-electron chi connectivity index (χ0n) is 10.8. The maximum absolute atomic E-state index is 12.9. The fourth-order valence-corrected chi connectivity index (χ4v) is 2.86. The number of benzene rings is 1. The number of amides is 1. The SMILES string of the molecule is Cc1ccc(N2CC(S(=O)(=O)F)CC2=O)cc1C(F)(F)F. The molecular weight excluding hydrogens is 314 g/mol. The van der Waals surface area contributed by atoms with Crippen molar-refractivity contribution in [3.63, 3.8) is 0 Å². The van der Waals surface area contributed by atoms with Crippen LogP contribution in [-0.4, -0.2) is 26.1 Å². The molecule has 0 aromatic heterocycles. The Morgan fingerprint density at radius 2 is 1.90 bits per heavy atom. The van der Waals surface area contributed by atoms with E-state index in [1.165, 1.54) is 19.1 Å². The van der Waals surface area contributed by atoms with Gasteiger partial charge in [0.2, 0.25) is 5.91 Å². The molecule has 0 radical (unpaired) electrons. The minimum atomic E-state index is -4.91. The van der Waals surface area contributed by atoms with Gasteiger partial charge in [-0.3, -0.25) is 4.79 Å². The van der Waals surface area contributed by atoms with Crippen LogP contribution in [0.4, 0.5) is 22.7 Å². The molecule has 1 aliphatic rings. The first-order chi connectivity index (χ1) is 9.50. The lowest BCUT2D eigenvalue weighted by Gasteiger charge is -2.19. The highest BCUT2D eigenvalue weighted by atomic mass is 32.3. The molecule has 1 atom stereocenters. The van der Waals surface area contributed by atoms with E-state index in [0.29, 0.717) is 0 Å². The number of rotatable bonds is 2. The van der Waals surface area contributed by atoms with E-state index in [0.717, 1.165) is 11.0 Å². The molecule has 1 aromatic carbocycles. The number of hydrogen-bond acceptors (Lipinski definition) is 3. The number of carbonyl (C=O) groups is 1. The van der Waals surface area contributed by atoms with E-state index in [-0.39, 0.29) is 11.3 Å². The van der Waals surface area contributed by atoms with Gasteiger partial charge in [-0.05, 0) is 24.6 Å². The largest absolute Gasteiger partial charge is 0.416 e. The number of aryl methyl sites for hydroxylation is 1. The van der Waals surface area contributed by atoms with Crippen LogP contribution < -0.4 is 4.90 Å². The molecule has 1 unspecified atom stereocenters. The van der Waals surface area contributed by atoms with Crippen molar-refractivity contribution in [2.24, 2.45) is 0 Å². The molecule has 2 rings (SSSR count). The van der Waals surface area contributed by atoms with Crippen LogP contribution in [0.2, 0.25) is 0 Å². The average Bonchev–Trinajstić information content (AvgIpc) is 2.70. The maximum Gasteiger partial charge on any atom is 0.416 e. The predicted octanol–water partition coefficient (Wildman–Crippen LogP) is 2.42. The molecule has 0 spiro atoms. The van der Waals surface area contributed by atoms with Gasteiger partial charge in [-0.2, -0.15) is 21.6 Å². The van der Waals surface area contributed by atoms with E-state index in [9.17, 15) is 30.3 Å². The van der Waals surface area contributed by atoms with E-state index >= 15 is 0 Å². The molecule has 1 heterocycles. The van der Waals surface area contributed by atoms with Gasteiger partial charge < -0.3 is 4.90 Å². The molecule has 21 heavy (non-hydrogen) atoms. The summed E-state index contributed by atoms with van der Waals surface area (Å²) in [7, 11) is -4.91. The summed E-state index contributed by atoms with van der Waals surface area (Å²) in [5.41, 5.74) is -1.03. The minimum Gasteiger partial charge on any atom is -0.311 e. The van der Waals surface area contributed by atoms with Gasteiger partial charge in [0.05, 0.1) is 5.56 Å². The Hall–Kier alpha value is -1.64. The molecule has 1 fully saturated rings. The monoisotopic (exact) mass is 325 g/mol. The topological polar surface area (TPSA) is 54.5 Å². The van der Waals surface area contributed by atoms with Crippen LogP contribution in [0.15, 0.2) is 18.2 Å². The third-order valence-electron chi connectivity index (χ3n) is 3.33. The molecular formula is C12H11F4NO3S. The Balaban J connectivity index is 2.38. The van der Waals surface area contributed by atoms with Crippen molar-refractivity contribution < 1.29 is 30.3 Å². The highest BCUT2D eigenvalue weighted by Gasteiger charge is 2.40. The summed E-state index contributed by atoms with van der Waals surface area (Å²) in [6.45, 7) is 0.783. The quantitative estimate of drug-likeness (QED) is 0.620. The minimum absolute atomic E-state index is 0.0208. The van der Waals surface area contributed by atoms with Crippen molar-refractivity contribution in [2.45, 2.75) is 24.8 Å². The second-order valence-electron chi connectivity index (χ2n) is 4.80. The van der Waals surface area contributed by atoms with Crippen molar-refractivity contribution in [2.75, 3.05) is 11.4 Å². The zero-order valence-corrected chi connectivity index (χ0v) is 11.6. The average molecular weight is 325 g/mol. The lowest BCUT2D eigenvalue weighted by Crippen LogP contribution is -2.27. The van der Waals surface area contributed by atoms with E-state index in [1.54, 1.807) is 0 Å². The Labute approximate surface area is 118 Å². The van der Waals surface area contributed by atoms with Crippen molar-refractivity contribution in [3.8, 4) is 0 Å². The first kappa shape index (κ1) is 15.7. The molecule has 0 bridgehead atoms. The van der Waals surface area contributed by atoms with Crippen LogP contribution in [0, 0.1) is 6.92 Å². The highest BCUT2D eigenvalue weighted by Crippen LogP contribution is 2.35. The molecule has 1 aliphatic heterocycles. The number of carbonyl (C=O) groups excluding carboxylic acids is 1.